The highest BCUT2D eigenvalue weighted by Crippen LogP contribution is 2.41. The molecule has 0 N–H and O–H groups in total. The number of ketones is 1. The smallest absolute Gasteiger partial charge is 0.165 e. The first kappa shape index (κ1) is 15.0. The van der Waals surface area contributed by atoms with Gasteiger partial charge in [0.25, 0.3) is 0 Å². The van der Waals surface area contributed by atoms with Crippen LogP contribution in [-0.4, -0.2) is 10.2 Å². The summed E-state index contributed by atoms with van der Waals surface area (Å²) in [6, 6.07) is 16.4. The van der Waals surface area contributed by atoms with Gasteiger partial charge in [-0.05, 0) is 41.5 Å². The molecule has 2 aromatic carbocycles. The lowest BCUT2D eigenvalue weighted by Crippen LogP contribution is -2.29. The Morgan fingerprint density at radius 1 is 0.960 bits per heavy atom. The van der Waals surface area contributed by atoms with Crippen molar-refractivity contribution in [2.24, 2.45) is 5.41 Å². The number of carbonyl (C=O) groups is 1. The molecule has 1 aliphatic carbocycles. The minimum absolute atomic E-state index is 0.0253. The van der Waals surface area contributed by atoms with Crippen LogP contribution in [0.15, 0.2) is 48.5 Å². The molecule has 5 rings (SSSR count). The van der Waals surface area contributed by atoms with Gasteiger partial charge in [0.2, 0.25) is 0 Å². The number of halogens is 1. The Balaban J connectivity index is 2.07. The monoisotopic (exact) mass is 347 g/mol. The van der Waals surface area contributed by atoms with Gasteiger partial charge in [0.1, 0.15) is 0 Å². The third kappa shape index (κ3) is 2.07. The highest BCUT2D eigenvalue weighted by molar-refractivity contribution is 6.31. The van der Waals surface area contributed by atoms with Crippen LogP contribution in [0, 0.1) is 5.41 Å². The molecular formula is C22H18ClNO. The third-order valence-corrected chi connectivity index (χ3v) is 5.59. The van der Waals surface area contributed by atoms with Gasteiger partial charge in [-0.15, -0.1) is 0 Å². The average molecular weight is 348 g/mol. The Bertz CT molecular complexity index is 1200. The lowest BCUT2D eigenvalue weighted by atomic mass is 9.74. The SMILES string of the molecule is CC1(C)CC(=O)c2c(n3c4ccc(Cl)cc4cc3c3ccccc23)C1. The highest BCUT2D eigenvalue weighted by atomic mass is 35.5. The van der Waals surface area contributed by atoms with E-state index in [1.54, 1.807) is 0 Å². The topological polar surface area (TPSA) is 21.5 Å². The summed E-state index contributed by atoms with van der Waals surface area (Å²) in [7, 11) is 0. The number of carbonyl (C=O) groups excluding carboxylic acids is 1. The molecule has 0 aliphatic heterocycles. The number of pyridine rings is 1. The van der Waals surface area contributed by atoms with Crippen LogP contribution in [0.2, 0.25) is 5.02 Å². The molecule has 0 amide bonds. The van der Waals surface area contributed by atoms with E-state index in [0.717, 1.165) is 49.9 Å². The molecule has 0 radical (unpaired) electrons. The number of rotatable bonds is 0. The zero-order valence-electron chi connectivity index (χ0n) is 14.3. The van der Waals surface area contributed by atoms with Crippen molar-refractivity contribution in [3.63, 3.8) is 0 Å². The number of hydrogen-bond acceptors (Lipinski definition) is 1. The van der Waals surface area contributed by atoms with Gasteiger partial charge in [-0.1, -0.05) is 49.7 Å². The first-order chi connectivity index (χ1) is 11.9. The van der Waals surface area contributed by atoms with Gasteiger partial charge in [-0.2, -0.15) is 0 Å². The molecule has 0 unspecified atom stereocenters. The number of aromatic nitrogens is 1. The van der Waals surface area contributed by atoms with E-state index in [4.69, 9.17) is 11.6 Å². The van der Waals surface area contributed by atoms with Gasteiger partial charge in [0.15, 0.2) is 5.78 Å². The van der Waals surface area contributed by atoms with E-state index < -0.39 is 0 Å². The summed E-state index contributed by atoms with van der Waals surface area (Å²) >= 11 is 6.21. The predicted molar refractivity (Wildman–Crippen MR) is 104 cm³/mol. The van der Waals surface area contributed by atoms with Crippen molar-refractivity contribution in [1.29, 1.82) is 0 Å². The summed E-state index contributed by atoms with van der Waals surface area (Å²) < 4.78 is 2.28. The Hall–Kier alpha value is -2.32. The number of fused-ring (bicyclic) bond motifs is 8. The molecule has 2 aromatic heterocycles. The lowest BCUT2D eigenvalue weighted by Gasteiger charge is -2.32. The maximum Gasteiger partial charge on any atom is 0.165 e. The van der Waals surface area contributed by atoms with Gasteiger partial charge in [-0.25, -0.2) is 0 Å². The van der Waals surface area contributed by atoms with Gasteiger partial charge < -0.3 is 4.40 Å². The third-order valence-electron chi connectivity index (χ3n) is 5.36. The fourth-order valence-corrected chi connectivity index (χ4v) is 4.56. The fraction of sp³-hybridized carbons (Fsp3) is 0.227. The summed E-state index contributed by atoms with van der Waals surface area (Å²) in [6.07, 6.45) is 1.49. The van der Waals surface area contributed by atoms with Crippen LogP contribution < -0.4 is 0 Å². The van der Waals surface area contributed by atoms with Gasteiger partial charge in [0, 0.05) is 33.5 Å². The Morgan fingerprint density at radius 2 is 1.72 bits per heavy atom. The van der Waals surface area contributed by atoms with Crippen LogP contribution in [0.1, 0.15) is 36.3 Å². The Kier molecular flexibility index (Phi) is 2.91. The van der Waals surface area contributed by atoms with Crippen LogP contribution in [0.5, 0.6) is 0 Å². The van der Waals surface area contributed by atoms with E-state index in [1.807, 2.05) is 24.3 Å². The summed E-state index contributed by atoms with van der Waals surface area (Å²) in [5.41, 5.74) is 4.27. The van der Waals surface area contributed by atoms with Gasteiger partial charge >= 0.3 is 0 Å². The van der Waals surface area contributed by atoms with Crippen molar-refractivity contribution < 1.29 is 4.79 Å². The number of Topliss-reactive ketones (excluding diaryl/α,β-unsaturated/α-hetero) is 1. The van der Waals surface area contributed by atoms with E-state index in [1.165, 1.54) is 0 Å². The van der Waals surface area contributed by atoms with Crippen molar-refractivity contribution in [1.82, 2.24) is 4.40 Å². The number of nitrogens with zero attached hydrogens (tertiary/aromatic N) is 1. The lowest BCUT2D eigenvalue weighted by molar-refractivity contribution is 0.0912. The van der Waals surface area contributed by atoms with Gasteiger partial charge in [-0.3, -0.25) is 4.79 Å². The Morgan fingerprint density at radius 3 is 2.52 bits per heavy atom. The molecule has 0 saturated heterocycles. The van der Waals surface area contributed by atoms with E-state index in [9.17, 15) is 4.79 Å². The Labute approximate surface area is 151 Å². The molecule has 0 spiro atoms. The molecule has 3 heteroatoms. The van der Waals surface area contributed by atoms with Crippen molar-refractivity contribution in [3.8, 4) is 0 Å². The highest BCUT2D eigenvalue weighted by Gasteiger charge is 2.34. The molecule has 0 bridgehead atoms. The van der Waals surface area contributed by atoms with Crippen molar-refractivity contribution in [2.45, 2.75) is 26.7 Å². The number of benzene rings is 2. The zero-order valence-corrected chi connectivity index (χ0v) is 15.0. The second-order valence-electron chi connectivity index (χ2n) is 7.88. The first-order valence-corrected chi connectivity index (χ1v) is 9.00. The molecule has 124 valence electrons. The maximum absolute atomic E-state index is 13.0. The normalized spacial score (nSPS) is 16.7. The minimum Gasteiger partial charge on any atom is -0.312 e. The van der Waals surface area contributed by atoms with Crippen LogP contribution in [0.25, 0.3) is 27.2 Å². The van der Waals surface area contributed by atoms with E-state index in [2.05, 4.69) is 42.5 Å². The van der Waals surface area contributed by atoms with Crippen LogP contribution in [0.4, 0.5) is 0 Å². The summed E-state index contributed by atoms with van der Waals surface area (Å²) in [4.78, 5) is 13.0. The quantitative estimate of drug-likeness (QED) is 0.379. The van der Waals surface area contributed by atoms with Crippen LogP contribution >= 0.6 is 11.6 Å². The first-order valence-electron chi connectivity index (χ1n) is 8.62. The van der Waals surface area contributed by atoms with Crippen molar-refractivity contribution in [2.75, 3.05) is 0 Å². The van der Waals surface area contributed by atoms with Gasteiger partial charge in [0.05, 0.1) is 11.0 Å². The predicted octanol–water partition coefficient (Wildman–Crippen LogP) is 6.05. The molecule has 2 nitrogen and oxygen atoms in total. The molecule has 0 atom stereocenters. The fourth-order valence-electron chi connectivity index (χ4n) is 4.38. The van der Waals surface area contributed by atoms with Crippen LogP contribution in [-0.2, 0) is 6.42 Å². The van der Waals surface area contributed by atoms with E-state index in [0.29, 0.717) is 6.42 Å². The minimum atomic E-state index is -0.0253. The average Bonchev–Trinajstić information content (AvgIpc) is 2.92. The molecule has 0 fully saturated rings. The molecule has 0 saturated carbocycles. The number of hydrogen-bond donors (Lipinski definition) is 0. The maximum atomic E-state index is 13.0. The van der Waals surface area contributed by atoms with Crippen LogP contribution in [0.3, 0.4) is 0 Å². The largest absolute Gasteiger partial charge is 0.312 e. The van der Waals surface area contributed by atoms with E-state index >= 15 is 0 Å². The van der Waals surface area contributed by atoms with Crippen molar-refractivity contribution in [3.05, 3.63) is 64.8 Å². The molecule has 2 heterocycles. The standard InChI is InChI=1S/C22H18ClNO/c1-22(2)11-19-21(20(25)12-22)16-6-4-3-5-15(16)18-10-13-9-14(23)7-8-17(13)24(18)19/h3-10H,11-12H2,1-2H3. The molecule has 25 heavy (non-hydrogen) atoms. The van der Waals surface area contributed by atoms with E-state index in [-0.39, 0.29) is 11.2 Å². The second kappa shape index (κ2) is 4.86. The second-order valence-corrected chi connectivity index (χ2v) is 8.31. The zero-order chi connectivity index (χ0) is 17.3. The summed E-state index contributed by atoms with van der Waals surface area (Å²) in [5.74, 6) is 0.250. The molecule has 4 aromatic rings. The summed E-state index contributed by atoms with van der Waals surface area (Å²) in [5, 5.41) is 4.04. The summed E-state index contributed by atoms with van der Waals surface area (Å²) in [6.45, 7) is 4.36. The molecular weight excluding hydrogens is 330 g/mol. The van der Waals surface area contributed by atoms with Crippen molar-refractivity contribution >= 4 is 44.6 Å². The molecule has 1 aliphatic rings.